The Morgan fingerprint density at radius 2 is 2.09 bits per heavy atom. The van der Waals surface area contributed by atoms with Gasteiger partial charge in [0.15, 0.2) is 22.1 Å². The van der Waals surface area contributed by atoms with Crippen molar-refractivity contribution < 1.29 is 13.9 Å². The number of rotatable bonds is 8. The Kier molecular flexibility index (Phi) is 6.73. The van der Waals surface area contributed by atoms with Crippen LogP contribution in [0.2, 0.25) is 0 Å². The van der Waals surface area contributed by atoms with Gasteiger partial charge in [-0.05, 0) is 24.6 Å². The molecule has 0 aliphatic carbocycles. The number of carbonyl (C=O) groups excluding carboxylic acids is 1. The van der Waals surface area contributed by atoms with Gasteiger partial charge in [-0.2, -0.15) is 0 Å². The summed E-state index contributed by atoms with van der Waals surface area (Å²) in [4.78, 5) is 30.6. The van der Waals surface area contributed by atoms with Crippen molar-refractivity contribution in [2.24, 2.45) is 5.41 Å². The first-order chi connectivity index (χ1) is 16.3. The molecule has 0 bridgehead atoms. The number of fused-ring (bicyclic) bond motifs is 1. The van der Waals surface area contributed by atoms with Crippen molar-refractivity contribution in [3.63, 3.8) is 0 Å². The fourth-order valence-electron chi connectivity index (χ4n) is 3.26. The summed E-state index contributed by atoms with van der Waals surface area (Å²) in [6, 6.07) is 5.66. The minimum Gasteiger partial charge on any atom is -0.497 e. The number of ether oxygens (including phenoxy) is 1. The van der Waals surface area contributed by atoms with Gasteiger partial charge in [0, 0.05) is 23.4 Å². The number of aromatic nitrogens is 5. The van der Waals surface area contributed by atoms with Crippen molar-refractivity contribution in [1.29, 1.82) is 0 Å². The molecule has 4 aromatic rings. The second-order valence-corrected chi connectivity index (χ2v) is 9.65. The lowest BCUT2D eigenvalue weighted by molar-refractivity contribution is -0.128. The monoisotopic (exact) mass is 481 g/mol. The summed E-state index contributed by atoms with van der Waals surface area (Å²) in [6.45, 7) is 6.78. The third-order valence-electron chi connectivity index (χ3n) is 5.10. The van der Waals surface area contributed by atoms with Crippen LogP contribution in [0, 0.1) is 5.41 Å². The highest BCUT2D eigenvalue weighted by molar-refractivity contribution is 7.99. The maximum Gasteiger partial charge on any atom is 0.227 e. The average Bonchev–Trinajstić information content (AvgIpc) is 3.45. The topological polar surface area (TPSA) is 134 Å². The number of nitrogens with one attached hydrogen (secondary N) is 1. The Labute approximate surface area is 201 Å². The number of nitrogens with zero attached hydrogens (tertiary/aromatic N) is 5. The lowest BCUT2D eigenvalue weighted by atomic mass is 9.96. The van der Waals surface area contributed by atoms with Gasteiger partial charge in [-0.25, -0.2) is 19.9 Å². The van der Waals surface area contributed by atoms with Crippen LogP contribution in [0.15, 0.2) is 51.5 Å². The van der Waals surface area contributed by atoms with Crippen LogP contribution in [0.1, 0.15) is 27.2 Å². The molecule has 0 radical (unpaired) electrons. The largest absolute Gasteiger partial charge is 0.497 e. The third-order valence-corrected chi connectivity index (χ3v) is 6.16. The molecule has 4 rings (SSSR count). The van der Waals surface area contributed by atoms with E-state index in [0.29, 0.717) is 53.3 Å². The van der Waals surface area contributed by atoms with E-state index >= 15 is 0 Å². The van der Waals surface area contributed by atoms with E-state index in [4.69, 9.17) is 19.9 Å². The van der Waals surface area contributed by atoms with Crippen LogP contribution >= 0.6 is 11.8 Å². The van der Waals surface area contributed by atoms with Crippen molar-refractivity contribution in [3.05, 3.63) is 37.0 Å². The van der Waals surface area contributed by atoms with Crippen LogP contribution in [-0.2, 0) is 11.3 Å². The number of imidazole rings is 1. The molecule has 0 aliphatic rings. The van der Waals surface area contributed by atoms with E-state index in [2.05, 4.69) is 20.3 Å². The summed E-state index contributed by atoms with van der Waals surface area (Å²) >= 11 is 1.43. The molecule has 0 fully saturated rings. The molecule has 3 aromatic heterocycles. The molecule has 0 atom stereocenters. The van der Waals surface area contributed by atoms with Crippen molar-refractivity contribution in [2.45, 2.75) is 43.8 Å². The highest BCUT2D eigenvalue weighted by Gasteiger charge is 2.21. The lowest BCUT2D eigenvalue weighted by Gasteiger charge is -2.17. The van der Waals surface area contributed by atoms with Gasteiger partial charge in [0.05, 0.1) is 18.9 Å². The van der Waals surface area contributed by atoms with Crippen LogP contribution in [0.4, 0.5) is 5.82 Å². The Morgan fingerprint density at radius 3 is 2.79 bits per heavy atom. The van der Waals surface area contributed by atoms with Crippen molar-refractivity contribution in [3.8, 4) is 17.2 Å². The number of hydrogen-bond donors (Lipinski definition) is 2. The van der Waals surface area contributed by atoms with Gasteiger partial charge >= 0.3 is 0 Å². The number of nitrogens with two attached hydrogens (primary N) is 1. The first-order valence-corrected chi connectivity index (χ1v) is 11.6. The summed E-state index contributed by atoms with van der Waals surface area (Å²) in [5, 5.41) is 3.67. The van der Waals surface area contributed by atoms with Crippen molar-refractivity contribution >= 4 is 34.7 Å². The van der Waals surface area contributed by atoms with E-state index in [1.807, 2.05) is 43.5 Å². The molecule has 0 saturated heterocycles. The molecule has 0 spiro atoms. The fourth-order valence-corrected chi connectivity index (χ4v) is 4.33. The molecular weight excluding hydrogens is 454 g/mol. The van der Waals surface area contributed by atoms with Gasteiger partial charge in [-0.1, -0.05) is 32.5 Å². The molecule has 1 amide bonds. The minimum atomic E-state index is -0.437. The molecule has 0 saturated carbocycles. The highest BCUT2D eigenvalue weighted by atomic mass is 32.2. The number of nitrogen functional groups attached to an aromatic ring is 1. The summed E-state index contributed by atoms with van der Waals surface area (Å²) in [5.41, 5.74) is 7.63. The molecular formula is C23H27N7O3S. The van der Waals surface area contributed by atoms with E-state index in [-0.39, 0.29) is 5.91 Å². The number of amides is 1. The summed E-state index contributed by atoms with van der Waals surface area (Å²) in [5.74, 6) is 1.52. The fraction of sp³-hybridized carbons (Fsp3) is 0.348. The zero-order valence-electron chi connectivity index (χ0n) is 19.5. The third kappa shape index (κ3) is 4.98. The summed E-state index contributed by atoms with van der Waals surface area (Å²) in [7, 11) is 1.62. The van der Waals surface area contributed by atoms with Gasteiger partial charge in [0.2, 0.25) is 11.8 Å². The van der Waals surface area contributed by atoms with Crippen molar-refractivity contribution in [1.82, 2.24) is 29.8 Å². The van der Waals surface area contributed by atoms with Crippen LogP contribution in [-0.4, -0.2) is 44.1 Å². The number of benzene rings is 1. The van der Waals surface area contributed by atoms with Gasteiger partial charge in [-0.15, -0.1) is 0 Å². The number of aryl methyl sites for hydroxylation is 1. The molecule has 11 heteroatoms. The Morgan fingerprint density at radius 1 is 1.26 bits per heavy atom. The Hall–Kier alpha value is -3.60. The maximum atomic E-state index is 12.2. The molecule has 3 N–H and O–H groups in total. The lowest BCUT2D eigenvalue weighted by Crippen LogP contribution is -2.35. The second kappa shape index (κ2) is 9.72. The molecule has 1 aromatic carbocycles. The SMILES string of the molecule is COc1ccc(-c2ncco2)c(Sc2nc3c(N)ncnc3n2CCCNC(=O)C(C)(C)C)c1. The molecule has 178 valence electrons. The highest BCUT2D eigenvalue weighted by Crippen LogP contribution is 2.38. The van der Waals surface area contributed by atoms with E-state index < -0.39 is 5.41 Å². The number of anilines is 1. The predicted octanol–water partition coefficient (Wildman–Crippen LogP) is 3.78. The standard InChI is InChI=1S/C23H27N7O3S/c1-23(2,3)21(31)26-8-5-10-30-19-17(18(24)27-13-28-19)29-22(30)34-16-12-14(32-4)6-7-15(16)20-25-9-11-33-20/h6-7,9,11-13H,5,8,10H2,1-4H3,(H,26,31)(H2,24,27,28). The molecule has 0 aliphatic heterocycles. The molecule has 10 nitrogen and oxygen atoms in total. The minimum absolute atomic E-state index is 0.0103. The Balaban J connectivity index is 1.66. The number of oxazole rings is 1. The maximum absolute atomic E-state index is 12.2. The van der Waals surface area contributed by atoms with Crippen LogP contribution in [0.3, 0.4) is 0 Å². The second-order valence-electron chi connectivity index (χ2n) is 8.64. The van der Waals surface area contributed by atoms with Gasteiger partial charge in [-0.3, -0.25) is 4.79 Å². The first kappa shape index (κ1) is 23.6. The van der Waals surface area contributed by atoms with E-state index in [1.54, 1.807) is 13.3 Å². The number of carbonyl (C=O) groups is 1. The van der Waals surface area contributed by atoms with E-state index in [0.717, 1.165) is 10.5 Å². The van der Waals surface area contributed by atoms with E-state index in [9.17, 15) is 4.79 Å². The number of methoxy groups -OCH3 is 1. The van der Waals surface area contributed by atoms with Crippen LogP contribution in [0.5, 0.6) is 5.75 Å². The predicted molar refractivity (Wildman–Crippen MR) is 129 cm³/mol. The quantitative estimate of drug-likeness (QED) is 0.361. The van der Waals surface area contributed by atoms with Crippen LogP contribution in [0.25, 0.3) is 22.6 Å². The zero-order chi connectivity index (χ0) is 24.3. The summed E-state index contributed by atoms with van der Waals surface area (Å²) in [6.07, 6.45) is 5.25. The normalized spacial score (nSPS) is 11.6. The smallest absolute Gasteiger partial charge is 0.227 e. The van der Waals surface area contributed by atoms with Crippen molar-refractivity contribution in [2.75, 3.05) is 19.4 Å². The van der Waals surface area contributed by atoms with Gasteiger partial charge in [0.25, 0.3) is 0 Å². The first-order valence-electron chi connectivity index (χ1n) is 10.8. The molecule has 3 heterocycles. The Bertz CT molecular complexity index is 1300. The zero-order valence-corrected chi connectivity index (χ0v) is 20.3. The summed E-state index contributed by atoms with van der Waals surface area (Å²) < 4.78 is 12.9. The molecule has 0 unspecified atom stereocenters. The molecule has 34 heavy (non-hydrogen) atoms. The van der Waals surface area contributed by atoms with Gasteiger partial charge < -0.3 is 24.8 Å². The van der Waals surface area contributed by atoms with Crippen LogP contribution < -0.4 is 15.8 Å². The number of hydrogen-bond acceptors (Lipinski definition) is 9. The van der Waals surface area contributed by atoms with Gasteiger partial charge in [0.1, 0.15) is 18.3 Å². The average molecular weight is 482 g/mol. The van der Waals surface area contributed by atoms with E-state index in [1.165, 1.54) is 24.4 Å².